The molecule has 2 unspecified atom stereocenters. The average molecular weight is 281 g/mol. The molecule has 1 saturated heterocycles. The van der Waals surface area contributed by atoms with Crippen LogP contribution in [-0.2, 0) is 4.74 Å². The molecule has 0 amide bonds. The van der Waals surface area contributed by atoms with Gasteiger partial charge in [0.2, 0.25) is 0 Å². The zero-order valence-corrected chi connectivity index (χ0v) is 13.9. The average Bonchev–Trinajstić information content (AvgIpc) is 2.48. The highest BCUT2D eigenvalue weighted by molar-refractivity contribution is 4.94. The summed E-state index contributed by atoms with van der Waals surface area (Å²) in [5, 5.41) is 3.82. The molecule has 0 aromatic rings. The highest BCUT2D eigenvalue weighted by Crippen LogP contribution is 2.42. The summed E-state index contributed by atoms with van der Waals surface area (Å²) in [6.07, 6.45) is 12.0. The third kappa shape index (κ3) is 3.76. The van der Waals surface area contributed by atoms with Gasteiger partial charge in [0, 0.05) is 12.6 Å². The van der Waals surface area contributed by atoms with E-state index in [4.69, 9.17) is 4.74 Å². The van der Waals surface area contributed by atoms with Gasteiger partial charge in [0.15, 0.2) is 0 Å². The molecule has 2 atom stereocenters. The summed E-state index contributed by atoms with van der Waals surface area (Å²) in [5.41, 5.74) is 0.251. The molecule has 1 aliphatic carbocycles. The summed E-state index contributed by atoms with van der Waals surface area (Å²) in [6, 6.07) is 0.706. The molecule has 2 aliphatic rings. The van der Waals surface area contributed by atoms with Crippen LogP contribution in [0.1, 0.15) is 78.6 Å². The first-order valence-electron chi connectivity index (χ1n) is 9.12. The maximum atomic E-state index is 6.28. The van der Waals surface area contributed by atoms with Crippen molar-refractivity contribution in [2.24, 2.45) is 11.8 Å². The predicted molar refractivity (Wildman–Crippen MR) is 86.0 cm³/mol. The Morgan fingerprint density at radius 1 is 1.10 bits per heavy atom. The maximum Gasteiger partial charge on any atom is 0.0685 e. The summed E-state index contributed by atoms with van der Waals surface area (Å²) in [4.78, 5) is 0. The normalized spacial score (nSPS) is 27.9. The lowest BCUT2D eigenvalue weighted by Gasteiger charge is -2.47. The molecule has 1 heterocycles. The second-order valence-electron chi connectivity index (χ2n) is 7.01. The molecular weight excluding hydrogens is 246 g/mol. The van der Waals surface area contributed by atoms with Gasteiger partial charge >= 0.3 is 0 Å². The van der Waals surface area contributed by atoms with Crippen LogP contribution in [0, 0.1) is 11.8 Å². The number of hydrogen-bond acceptors (Lipinski definition) is 2. The number of rotatable bonds is 6. The summed E-state index contributed by atoms with van der Waals surface area (Å²) < 4.78 is 6.28. The highest BCUT2D eigenvalue weighted by atomic mass is 16.5. The van der Waals surface area contributed by atoms with E-state index >= 15 is 0 Å². The topological polar surface area (TPSA) is 21.3 Å². The van der Waals surface area contributed by atoms with Crippen molar-refractivity contribution in [3.8, 4) is 0 Å². The van der Waals surface area contributed by atoms with Crippen molar-refractivity contribution in [1.29, 1.82) is 0 Å². The van der Waals surface area contributed by atoms with E-state index in [1.165, 1.54) is 57.8 Å². The Bertz CT molecular complexity index is 263. The zero-order chi connectivity index (χ0) is 14.4. The summed E-state index contributed by atoms with van der Waals surface area (Å²) >= 11 is 0. The van der Waals surface area contributed by atoms with E-state index in [9.17, 15) is 0 Å². The molecule has 2 heteroatoms. The van der Waals surface area contributed by atoms with Crippen molar-refractivity contribution in [3.63, 3.8) is 0 Å². The fraction of sp³-hybridized carbons (Fsp3) is 1.00. The standard InChI is InChI=1S/C18H35NO/c1-4-15(5-2)17(19-6-3)16-10-13-20-18(14-16)11-8-7-9-12-18/h15-17,19H,4-14H2,1-3H3. The van der Waals surface area contributed by atoms with Gasteiger partial charge in [-0.25, -0.2) is 0 Å². The molecule has 1 N–H and O–H groups in total. The minimum absolute atomic E-state index is 0.251. The van der Waals surface area contributed by atoms with Crippen LogP contribution in [0.15, 0.2) is 0 Å². The molecule has 2 nitrogen and oxygen atoms in total. The van der Waals surface area contributed by atoms with Gasteiger partial charge in [0.05, 0.1) is 5.60 Å². The largest absolute Gasteiger partial charge is 0.375 e. The first-order chi connectivity index (χ1) is 9.74. The van der Waals surface area contributed by atoms with E-state index in [1.807, 2.05) is 0 Å². The van der Waals surface area contributed by atoms with E-state index in [2.05, 4.69) is 26.1 Å². The fourth-order valence-electron chi connectivity index (χ4n) is 4.67. The zero-order valence-electron chi connectivity index (χ0n) is 13.9. The molecule has 1 spiro atoms. The van der Waals surface area contributed by atoms with E-state index in [1.54, 1.807) is 0 Å². The van der Waals surface area contributed by atoms with Crippen molar-refractivity contribution < 1.29 is 4.74 Å². The van der Waals surface area contributed by atoms with Crippen LogP contribution >= 0.6 is 0 Å². The monoisotopic (exact) mass is 281 g/mol. The SMILES string of the molecule is CCNC(C(CC)CC)C1CCOC2(CCCCC2)C1. The predicted octanol–water partition coefficient (Wildman–Crippen LogP) is 4.53. The van der Waals surface area contributed by atoms with Crippen LogP contribution in [0.2, 0.25) is 0 Å². The van der Waals surface area contributed by atoms with Crippen molar-refractivity contribution in [3.05, 3.63) is 0 Å². The molecule has 0 bridgehead atoms. The maximum absolute atomic E-state index is 6.28. The van der Waals surface area contributed by atoms with Crippen LogP contribution < -0.4 is 5.32 Å². The Morgan fingerprint density at radius 2 is 1.80 bits per heavy atom. The smallest absolute Gasteiger partial charge is 0.0685 e. The van der Waals surface area contributed by atoms with E-state index in [0.717, 1.165) is 25.0 Å². The molecule has 1 aliphatic heterocycles. The van der Waals surface area contributed by atoms with Crippen molar-refractivity contribution in [2.75, 3.05) is 13.2 Å². The first kappa shape index (κ1) is 16.3. The molecule has 2 fully saturated rings. The lowest BCUT2D eigenvalue weighted by Crippen LogP contribution is -2.50. The quantitative estimate of drug-likeness (QED) is 0.772. The second-order valence-corrected chi connectivity index (χ2v) is 7.01. The molecule has 20 heavy (non-hydrogen) atoms. The lowest BCUT2D eigenvalue weighted by atomic mass is 9.71. The Morgan fingerprint density at radius 3 is 2.40 bits per heavy atom. The van der Waals surface area contributed by atoms with Gasteiger partial charge in [-0.3, -0.25) is 0 Å². The molecule has 2 rings (SSSR count). The third-order valence-corrected chi connectivity index (χ3v) is 5.80. The van der Waals surface area contributed by atoms with Gasteiger partial charge in [-0.05, 0) is 44.1 Å². The van der Waals surface area contributed by atoms with Gasteiger partial charge in [-0.1, -0.05) is 52.9 Å². The third-order valence-electron chi connectivity index (χ3n) is 5.80. The van der Waals surface area contributed by atoms with Crippen LogP contribution in [-0.4, -0.2) is 24.8 Å². The Hall–Kier alpha value is -0.0800. The van der Waals surface area contributed by atoms with Crippen LogP contribution in [0.25, 0.3) is 0 Å². The number of nitrogens with one attached hydrogen (secondary N) is 1. The minimum atomic E-state index is 0.251. The Balaban J connectivity index is 2.04. The molecule has 118 valence electrons. The minimum Gasteiger partial charge on any atom is -0.375 e. The highest BCUT2D eigenvalue weighted by Gasteiger charge is 2.41. The van der Waals surface area contributed by atoms with Gasteiger partial charge in [0.25, 0.3) is 0 Å². The van der Waals surface area contributed by atoms with Gasteiger partial charge in [-0.2, -0.15) is 0 Å². The van der Waals surface area contributed by atoms with Crippen LogP contribution in [0.3, 0.4) is 0 Å². The lowest BCUT2D eigenvalue weighted by molar-refractivity contribution is -0.124. The molecular formula is C18H35NO. The Labute approximate surface area is 126 Å². The number of hydrogen-bond donors (Lipinski definition) is 1. The van der Waals surface area contributed by atoms with Gasteiger partial charge in [0.1, 0.15) is 0 Å². The summed E-state index contributed by atoms with van der Waals surface area (Å²) in [7, 11) is 0. The van der Waals surface area contributed by atoms with Crippen molar-refractivity contribution in [2.45, 2.75) is 90.2 Å². The molecule has 0 aromatic carbocycles. The summed E-state index contributed by atoms with van der Waals surface area (Å²) in [5.74, 6) is 1.66. The fourth-order valence-corrected chi connectivity index (χ4v) is 4.67. The van der Waals surface area contributed by atoms with Crippen molar-refractivity contribution >= 4 is 0 Å². The van der Waals surface area contributed by atoms with Crippen LogP contribution in [0.5, 0.6) is 0 Å². The molecule has 1 saturated carbocycles. The van der Waals surface area contributed by atoms with Gasteiger partial charge < -0.3 is 10.1 Å². The first-order valence-corrected chi connectivity index (χ1v) is 9.12. The molecule has 0 radical (unpaired) electrons. The van der Waals surface area contributed by atoms with Crippen LogP contribution in [0.4, 0.5) is 0 Å². The van der Waals surface area contributed by atoms with Gasteiger partial charge in [-0.15, -0.1) is 0 Å². The number of ether oxygens (including phenoxy) is 1. The van der Waals surface area contributed by atoms with E-state index in [0.29, 0.717) is 6.04 Å². The van der Waals surface area contributed by atoms with E-state index < -0.39 is 0 Å². The molecule has 0 aromatic heterocycles. The van der Waals surface area contributed by atoms with Crippen molar-refractivity contribution in [1.82, 2.24) is 5.32 Å². The second kappa shape index (κ2) is 7.79. The summed E-state index contributed by atoms with van der Waals surface area (Å²) in [6.45, 7) is 9.06. The van der Waals surface area contributed by atoms with E-state index in [-0.39, 0.29) is 5.60 Å². The Kier molecular flexibility index (Phi) is 6.35.